The Morgan fingerprint density at radius 2 is 1.79 bits per heavy atom. The molecule has 1 aromatic rings. The highest BCUT2D eigenvalue weighted by molar-refractivity contribution is 7.15. The molecule has 132 valence electrons. The summed E-state index contributed by atoms with van der Waals surface area (Å²) in [5, 5.41) is 9.00. The van der Waals surface area contributed by atoms with Crippen LogP contribution >= 0.6 is 11.3 Å². The maximum absolute atomic E-state index is 12.0. The number of urea groups is 1. The van der Waals surface area contributed by atoms with Crippen molar-refractivity contribution >= 4 is 28.4 Å². The summed E-state index contributed by atoms with van der Waals surface area (Å²) >= 11 is 1.56. The van der Waals surface area contributed by atoms with Crippen LogP contribution < -0.4 is 16.0 Å². The summed E-state index contributed by atoms with van der Waals surface area (Å²) in [5.41, 5.74) is 1.13. The number of rotatable bonds is 4. The fourth-order valence-corrected chi connectivity index (χ4v) is 4.45. The van der Waals surface area contributed by atoms with Gasteiger partial charge in [0.05, 0.1) is 12.2 Å². The summed E-state index contributed by atoms with van der Waals surface area (Å²) < 4.78 is 0. The predicted molar refractivity (Wildman–Crippen MR) is 95.4 cm³/mol. The molecule has 0 saturated heterocycles. The van der Waals surface area contributed by atoms with Gasteiger partial charge < -0.3 is 10.6 Å². The lowest BCUT2D eigenvalue weighted by Crippen LogP contribution is -2.43. The average Bonchev–Trinajstić information content (AvgIpc) is 2.82. The molecule has 0 aromatic carbocycles. The van der Waals surface area contributed by atoms with E-state index in [0.717, 1.165) is 31.4 Å². The minimum Gasteiger partial charge on any atom is -0.352 e. The topological polar surface area (TPSA) is 83.1 Å². The number of nitrogens with one attached hydrogen (secondary N) is 3. The first-order valence-corrected chi connectivity index (χ1v) is 9.85. The Balaban J connectivity index is 1.41. The third-order valence-electron chi connectivity index (χ3n) is 4.70. The molecule has 3 amide bonds. The SMILES string of the molecule is O=C(CNC(=O)Nc1nc2c(s1)CCCCC2)NC1CCCCC1. The molecular formula is C17H26N4O2S. The van der Waals surface area contributed by atoms with Gasteiger partial charge in [0, 0.05) is 10.9 Å². The minimum atomic E-state index is -0.363. The molecule has 24 heavy (non-hydrogen) atoms. The number of fused-ring (bicyclic) bond motifs is 1. The minimum absolute atomic E-state index is 0.00736. The van der Waals surface area contributed by atoms with Crippen molar-refractivity contribution in [3.63, 3.8) is 0 Å². The number of aryl methyl sites for hydroxylation is 2. The lowest BCUT2D eigenvalue weighted by molar-refractivity contribution is -0.120. The molecule has 0 atom stereocenters. The molecule has 0 radical (unpaired) electrons. The number of amides is 3. The van der Waals surface area contributed by atoms with Gasteiger partial charge in [0.15, 0.2) is 5.13 Å². The Bertz CT molecular complexity index is 558. The van der Waals surface area contributed by atoms with Crippen LogP contribution in [0.4, 0.5) is 9.93 Å². The lowest BCUT2D eigenvalue weighted by Gasteiger charge is -2.22. The number of hydrogen-bond acceptors (Lipinski definition) is 4. The Kier molecular flexibility index (Phi) is 6.07. The highest BCUT2D eigenvalue weighted by atomic mass is 32.1. The molecule has 0 unspecified atom stereocenters. The van der Waals surface area contributed by atoms with E-state index >= 15 is 0 Å². The zero-order valence-electron chi connectivity index (χ0n) is 14.0. The van der Waals surface area contributed by atoms with E-state index in [1.807, 2.05) is 0 Å². The van der Waals surface area contributed by atoms with Gasteiger partial charge in [0.2, 0.25) is 5.91 Å². The number of carbonyl (C=O) groups excluding carboxylic acids is 2. The largest absolute Gasteiger partial charge is 0.352 e. The average molecular weight is 350 g/mol. The summed E-state index contributed by atoms with van der Waals surface area (Å²) in [6.45, 7) is 0.00736. The van der Waals surface area contributed by atoms with Crippen molar-refractivity contribution in [3.8, 4) is 0 Å². The first-order valence-electron chi connectivity index (χ1n) is 9.03. The summed E-state index contributed by atoms with van der Waals surface area (Å²) in [5.74, 6) is -0.119. The Morgan fingerprint density at radius 1 is 1.04 bits per heavy atom. The number of nitrogens with zero attached hydrogens (tertiary/aromatic N) is 1. The van der Waals surface area contributed by atoms with Gasteiger partial charge >= 0.3 is 6.03 Å². The van der Waals surface area contributed by atoms with E-state index in [-0.39, 0.29) is 24.5 Å². The van der Waals surface area contributed by atoms with Crippen LogP contribution in [0.15, 0.2) is 0 Å². The summed E-state index contributed by atoms with van der Waals surface area (Å²) in [4.78, 5) is 29.7. The quantitative estimate of drug-likeness (QED) is 0.730. The second kappa shape index (κ2) is 8.46. The van der Waals surface area contributed by atoms with Crippen LogP contribution in [-0.4, -0.2) is 29.5 Å². The van der Waals surface area contributed by atoms with Gasteiger partial charge in [-0.15, -0.1) is 11.3 Å². The van der Waals surface area contributed by atoms with E-state index in [4.69, 9.17) is 0 Å². The molecule has 0 aliphatic heterocycles. The van der Waals surface area contributed by atoms with Crippen LogP contribution in [0.2, 0.25) is 0 Å². The fourth-order valence-electron chi connectivity index (χ4n) is 3.41. The third kappa shape index (κ3) is 4.93. The van der Waals surface area contributed by atoms with Gasteiger partial charge in [-0.25, -0.2) is 9.78 Å². The molecule has 2 aliphatic rings. The number of aromatic nitrogens is 1. The number of thiazole rings is 1. The normalized spacial score (nSPS) is 18.3. The highest BCUT2D eigenvalue weighted by Crippen LogP contribution is 2.28. The molecule has 3 rings (SSSR count). The van der Waals surface area contributed by atoms with E-state index in [0.29, 0.717) is 5.13 Å². The van der Waals surface area contributed by atoms with Crippen LogP contribution in [0.1, 0.15) is 61.9 Å². The maximum Gasteiger partial charge on any atom is 0.321 e. The van der Waals surface area contributed by atoms with Gasteiger partial charge in [0.25, 0.3) is 0 Å². The molecule has 3 N–H and O–H groups in total. The van der Waals surface area contributed by atoms with Crippen LogP contribution in [0.25, 0.3) is 0 Å². The summed E-state index contributed by atoms with van der Waals surface area (Å²) in [7, 11) is 0. The molecule has 2 aliphatic carbocycles. The van der Waals surface area contributed by atoms with Crippen molar-refractivity contribution in [1.29, 1.82) is 0 Å². The monoisotopic (exact) mass is 350 g/mol. The molecule has 0 bridgehead atoms. The van der Waals surface area contributed by atoms with E-state index in [2.05, 4.69) is 20.9 Å². The Labute approximate surface area is 146 Å². The molecule has 0 spiro atoms. The first kappa shape index (κ1) is 17.2. The van der Waals surface area contributed by atoms with Crippen LogP contribution in [0, 0.1) is 0 Å². The second-order valence-electron chi connectivity index (χ2n) is 6.66. The van der Waals surface area contributed by atoms with Gasteiger partial charge in [-0.05, 0) is 38.5 Å². The molecule has 1 aromatic heterocycles. The fraction of sp³-hybridized carbons (Fsp3) is 0.706. The van der Waals surface area contributed by atoms with Crippen LogP contribution in [0.5, 0.6) is 0 Å². The van der Waals surface area contributed by atoms with Crippen molar-refractivity contribution in [2.24, 2.45) is 0 Å². The lowest BCUT2D eigenvalue weighted by atomic mass is 9.95. The zero-order valence-corrected chi connectivity index (χ0v) is 14.8. The van der Waals surface area contributed by atoms with E-state index < -0.39 is 0 Å². The van der Waals surface area contributed by atoms with Crippen molar-refractivity contribution in [2.45, 2.75) is 70.3 Å². The molecule has 7 heteroatoms. The van der Waals surface area contributed by atoms with E-state index in [1.165, 1.54) is 43.4 Å². The summed E-state index contributed by atoms with van der Waals surface area (Å²) in [6.07, 6.45) is 11.4. The molecule has 6 nitrogen and oxygen atoms in total. The van der Waals surface area contributed by atoms with Crippen molar-refractivity contribution < 1.29 is 9.59 Å². The molecule has 1 heterocycles. The number of carbonyl (C=O) groups is 2. The standard InChI is InChI=1S/C17H26N4O2S/c22-15(19-12-7-3-1-4-8-12)11-18-16(23)21-17-20-13-9-5-2-6-10-14(13)24-17/h12H,1-11H2,(H,19,22)(H2,18,20,21,23). The Morgan fingerprint density at radius 3 is 2.62 bits per heavy atom. The van der Waals surface area contributed by atoms with Crippen molar-refractivity contribution in [2.75, 3.05) is 11.9 Å². The van der Waals surface area contributed by atoms with Crippen molar-refractivity contribution in [1.82, 2.24) is 15.6 Å². The van der Waals surface area contributed by atoms with E-state index in [1.54, 1.807) is 11.3 Å². The van der Waals surface area contributed by atoms with Gasteiger partial charge in [0.1, 0.15) is 0 Å². The van der Waals surface area contributed by atoms with Gasteiger partial charge in [-0.1, -0.05) is 25.7 Å². The van der Waals surface area contributed by atoms with E-state index in [9.17, 15) is 9.59 Å². The van der Waals surface area contributed by atoms with Gasteiger partial charge in [-0.2, -0.15) is 0 Å². The maximum atomic E-state index is 12.0. The highest BCUT2D eigenvalue weighted by Gasteiger charge is 2.17. The number of anilines is 1. The van der Waals surface area contributed by atoms with Crippen LogP contribution in [-0.2, 0) is 17.6 Å². The smallest absolute Gasteiger partial charge is 0.321 e. The first-order chi connectivity index (χ1) is 11.7. The molecule has 1 saturated carbocycles. The van der Waals surface area contributed by atoms with Crippen LogP contribution in [0.3, 0.4) is 0 Å². The second-order valence-corrected chi connectivity index (χ2v) is 7.74. The predicted octanol–water partition coefficient (Wildman–Crippen LogP) is 2.98. The summed E-state index contributed by atoms with van der Waals surface area (Å²) in [6, 6.07) is -0.0940. The number of hydrogen-bond donors (Lipinski definition) is 3. The molecular weight excluding hydrogens is 324 g/mol. The third-order valence-corrected chi connectivity index (χ3v) is 5.77. The Hall–Kier alpha value is -1.63. The zero-order chi connectivity index (χ0) is 16.8. The van der Waals surface area contributed by atoms with Crippen molar-refractivity contribution in [3.05, 3.63) is 10.6 Å². The van der Waals surface area contributed by atoms with Gasteiger partial charge in [-0.3, -0.25) is 10.1 Å². The molecule has 1 fully saturated rings.